The number of rotatable bonds is 0. The summed E-state index contributed by atoms with van der Waals surface area (Å²) in [6, 6.07) is 6.50. The molecule has 2 N–H and O–H groups in total. The lowest BCUT2D eigenvalue weighted by atomic mass is 9.99. The Labute approximate surface area is 118 Å². The molecule has 4 nitrogen and oxygen atoms in total. The van der Waals surface area contributed by atoms with E-state index >= 15 is 0 Å². The van der Waals surface area contributed by atoms with Gasteiger partial charge in [0.1, 0.15) is 5.75 Å². The molecule has 0 bridgehead atoms. The fraction of sp³-hybridized carbons (Fsp3) is 0.143. The zero-order chi connectivity index (χ0) is 14.2. The highest BCUT2D eigenvalue weighted by Gasteiger charge is 2.29. The highest BCUT2D eigenvalue weighted by atomic mass is 79.9. The average Bonchev–Trinajstić information content (AvgIpc) is 2.68. The van der Waals surface area contributed by atoms with Gasteiger partial charge < -0.3 is 5.11 Å². The minimum absolute atomic E-state index is 0.00935. The second kappa shape index (κ2) is 5.01. The molecule has 2 aromatic rings. The number of hydrogen-bond donors (Lipinski definition) is 2. The first-order valence-electron chi connectivity index (χ1n) is 5.89. The van der Waals surface area contributed by atoms with Crippen LogP contribution in [0.15, 0.2) is 28.7 Å². The quantitative estimate of drug-likeness (QED) is 0.732. The number of carbonyl (C=O) groups is 2. The minimum atomic E-state index is -0.467. The number of aromatic hydroxyl groups is 1. The third kappa shape index (κ3) is 2.10. The summed E-state index contributed by atoms with van der Waals surface area (Å²) in [5.74, 6) is -0.896. The first-order chi connectivity index (χ1) is 9.08. The Morgan fingerprint density at radius 3 is 2.42 bits per heavy atom. The molecule has 1 aliphatic heterocycles. The summed E-state index contributed by atoms with van der Waals surface area (Å²) in [7, 11) is 0. The van der Waals surface area contributed by atoms with Crippen LogP contribution in [0.1, 0.15) is 34.6 Å². The van der Waals surface area contributed by atoms with E-state index in [9.17, 15) is 14.7 Å². The van der Waals surface area contributed by atoms with Crippen molar-refractivity contribution >= 4 is 38.5 Å². The van der Waals surface area contributed by atoms with E-state index in [1.54, 1.807) is 18.2 Å². The van der Waals surface area contributed by atoms with Crippen molar-refractivity contribution in [3.63, 3.8) is 0 Å². The molecule has 1 aliphatic rings. The molecule has 3 rings (SSSR count). The van der Waals surface area contributed by atoms with Crippen LogP contribution in [0.3, 0.4) is 0 Å². The fourth-order valence-electron chi connectivity index (χ4n) is 2.03. The van der Waals surface area contributed by atoms with E-state index < -0.39 is 11.8 Å². The van der Waals surface area contributed by atoms with E-state index in [2.05, 4.69) is 21.2 Å². The van der Waals surface area contributed by atoms with Crippen LogP contribution in [0.4, 0.5) is 0 Å². The molecule has 0 unspecified atom stereocenters. The first kappa shape index (κ1) is 13.5. The van der Waals surface area contributed by atoms with Gasteiger partial charge in [0.2, 0.25) is 0 Å². The van der Waals surface area contributed by atoms with Crippen molar-refractivity contribution in [2.45, 2.75) is 13.8 Å². The van der Waals surface area contributed by atoms with Crippen LogP contribution >= 0.6 is 15.9 Å². The van der Waals surface area contributed by atoms with Crippen LogP contribution in [0.25, 0.3) is 10.8 Å². The molecule has 0 aromatic heterocycles. The average molecular weight is 322 g/mol. The van der Waals surface area contributed by atoms with Gasteiger partial charge >= 0.3 is 0 Å². The summed E-state index contributed by atoms with van der Waals surface area (Å²) in [6.07, 6.45) is 0. The van der Waals surface area contributed by atoms with Gasteiger partial charge in [0, 0.05) is 9.86 Å². The zero-order valence-electron chi connectivity index (χ0n) is 10.5. The molecule has 1 heterocycles. The van der Waals surface area contributed by atoms with Gasteiger partial charge in [-0.05, 0) is 23.6 Å². The monoisotopic (exact) mass is 321 g/mol. The summed E-state index contributed by atoms with van der Waals surface area (Å²) in [5.41, 5.74) is 0.553. The van der Waals surface area contributed by atoms with Gasteiger partial charge in [-0.15, -0.1) is 0 Å². The van der Waals surface area contributed by atoms with Gasteiger partial charge in [-0.25, -0.2) is 0 Å². The van der Waals surface area contributed by atoms with Gasteiger partial charge in [0.15, 0.2) is 0 Å². The molecule has 0 saturated heterocycles. The van der Waals surface area contributed by atoms with Crippen molar-refractivity contribution in [1.82, 2.24) is 5.32 Å². The van der Waals surface area contributed by atoms with Crippen molar-refractivity contribution in [1.29, 1.82) is 0 Å². The van der Waals surface area contributed by atoms with Crippen molar-refractivity contribution in [2.75, 3.05) is 0 Å². The zero-order valence-corrected chi connectivity index (χ0v) is 12.0. The van der Waals surface area contributed by atoms with Crippen LogP contribution in [0, 0.1) is 0 Å². The highest BCUT2D eigenvalue weighted by Crippen LogP contribution is 2.34. The summed E-state index contributed by atoms with van der Waals surface area (Å²) >= 11 is 3.30. The summed E-state index contributed by atoms with van der Waals surface area (Å²) < 4.78 is 0.796. The summed E-state index contributed by atoms with van der Waals surface area (Å²) in [4.78, 5) is 23.1. The summed E-state index contributed by atoms with van der Waals surface area (Å²) in [6.45, 7) is 4.00. The summed E-state index contributed by atoms with van der Waals surface area (Å²) in [5, 5.41) is 13.2. The second-order valence-electron chi connectivity index (χ2n) is 3.79. The Balaban J connectivity index is 0.000000637. The molecule has 0 fully saturated rings. The van der Waals surface area contributed by atoms with Crippen LogP contribution in [0.5, 0.6) is 5.75 Å². The smallest absolute Gasteiger partial charge is 0.259 e. The lowest BCUT2D eigenvalue weighted by Gasteiger charge is -2.05. The topological polar surface area (TPSA) is 66.4 Å². The molecule has 0 radical (unpaired) electrons. The molecule has 19 heavy (non-hydrogen) atoms. The molecule has 2 amide bonds. The number of phenolic OH excluding ortho intramolecular Hbond substituents is 1. The number of fused-ring (bicyclic) bond motifs is 3. The molecule has 2 aromatic carbocycles. The number of nitrogens with one attached hydrogen (secondary N) is 1. The van der Waals surface area contributed by atoms with Crippen LogP contribution in [-0.2, 0) is 0 Å². The van der Waals surface area contributed by atoms with E-state index in [-0.39, 0.29) is 11.3 Å². The third-order valence-corrected chi connectivity index (χ3v) is 3.27. The SMILES string of the molecule is CC.O=C1NC(=O)c2c1cc(O)c1cc(Br)ccc21. The van der Waals surface area contributed by atoms with E-state index in [1.807, 2.05) is 13.8 Å². The number of imide groups is 1. The molecule has 0 atom stereocenters. The Morgan fingerprint density at radius 2 is 1.74 bits per heavy atom. The number of hydrogen-bond acceptors (Lipinski definition) is 3. The molecule has 98 valence electrons. The lowest BCUT2D eigenvalue weighted by molar-refractivity contribution is 0.0880. The number of benzene rings is 2. The van der Waals surface area contributed by atoms with E-state index in [4.69, 9.17) is 0 Å². The largest absolute Gasteiger partial charge is 0.507 e. The first-order valence-corrected chi connectivity index (χ1v) is 6.68. The normalized spacial score (nSPS) is 12.8. The second-order valence-corrected chi connectivity index (χ2v) is 4.71. The van der Waals surface area contributed by atoms with Crippen molar-refractivity contribution < 1.29 is 14.7 Å². The molecular formula is C14H12BrNO3. The van der Waals surface area contributed by atoms with Crippen LogP contribution in [-0.4, -0.2) is 16.9 Å². The lowest BCUT2D eigenvalue weighted by Crippen LogP contribution is -2.19. The predicted octanol–water partition coefficient (Wildman–Crippen LogP) is 3.22. The van der Waals surface area contributed by atoms with Gasteiger partial charge in [-0.1, -0.05) is 35.8 Å². The molecule has 0 saturated carbocycles. The fourth-order valence-corrected chi connectivity index (χ4v) is 2.40. The maximum atomic E-state index is 11.7. The number of halogens is 1. The molecule has 5 heteroatoms. The van der Waals surface area contributed by atoms with Gasteiger partial charge in [0.05, 0.1) is 11.1 Å². The van der Waals surface area contributed by atoms with Crippen molar-refractivity contribution in [3.05, 3.63) is 39.9 Å². The van der Waals surface area contributed by atoms with Gasteiger partial charge in [-0.2, -0.15) is 0 Å². The van der Waals surface area contributed by atoms with Crippen molar-refractivity contribution in [2.24, 2.45) is 0 Å². The highest BCUT2D eigenvalue weighted by molar-refractivity contribution is 9.10. The van der Waals surface area contributed by atoms with Crippen LogP contribution in [0.2, 0.25) is 0 Å². The van der Waals surface area contributed by atoms with Gasteiger partial charge in [0.25, 0.3) is 11.8 Å². The van der Waals surface area contributed by atoms with Crippen molar-refractivity contribution in [3.8, 4) is 5.75 Å². The number of phenols is 1. The number of amides is 2. The Hall–Kier alpha value is -1.88. The maximum absolute atomic E-state index is 11.7. The Morgan fingerprint density at radius 1 is 1.05 bits per heavy atom. The Kier molecular flexibility index (Phi) is 3.57. The predicted molar refractivity (Wildman–Crippen MR) is 76.5 cm³/mol. The minimum Gasteiger partial charge on any atom is -0.507 e. The van der Waals surface area contributed by atoms with Gasteiger partial charge in [-0.3, -0.25) is 14.9 Å². The molecule has 0 spiro atoms. The third-order valence-electron chi connectivity index (χ3n) is 2.78. The van der Waals surface area contributed by atoms with Crippen LogP contribution < -0.4 is 5.32 Å². The maximum Gasteiger partial charge on any atom is 0.259 e. The molecule has 0 aliphatic carbocycles. The van der Waals surface area contributed by atoms with E-state index in [0.29, 0.717) is 16.3 Å². The van der Waals surface area contributed by atoms with E-state index in [0.717, 1.165) is 4.47 Å². The molecular weight excluding hydrogens is 310 g/mol. The number of carbonyl (C=O) groups excluding carboxylic acids is 2. The standard InChI is InChI=1S/C12H6BrNO3.C2H6/c13-5-1-2-6-7(3-5)9(15)4-8-10(6)12(17)14-11(8)16;1-2/h1-4,15H,(H,14,16,17);1-2H3. The Bertz CT molecular complexity index is 695. The van der Waals surface area contributed by atoms with E-state index in [1.165, 1.54) is 6.07 Å².